The van der Waals surface area contributed by atoms with Crippen LogP contribution in [0, 0.1) is 5.82 Å². The van der Waals surface area contributed by atoms with Crippen LogP contribution in [0.5, 0.6) is 0 Å². The van der Waals surface area contributed by atoms with Crippen molar-refractivity contribution in [2.75, 3.05) is 13.2 Å². The minimum Gasteiger partial charge on any atom is -0.395 e. The third-order valence-electron chi connectivity index (χ3n) is 3.57. The number of aromatic nitrogens is 2. The van der Waals surface area contributed by atoms with Gasteiger partial charge in [-0.1, -0.05) is 6.07 Å². The predicted molar refractivity (Wildman–Crippen MR) is 92.9 cm³/mol. The van der Waals surface area contributed by atoms with E-state index < -0.39 is 0 Å². The first kappa shape index (κ1) is 16.7. The number of benzene rings is 1. The van der Waals surface area contributed by atoms with E-state index in [0.717, 1.165) is 21.8 Å². The maximum Gasteiger partial charge on any atom is 0.123 e. The lowest BCUT2D eigenvalue weighted by molar-refractivity contribution is 0.183. The lowest BCUT2D eigenvalue weighted by atomic mass is 10.2. The number of nitrogens with zero attached hydrogens (tertiary/aromatic N) is 3. The van der Waals surface area contributed by atoms with Crippen LogP contribution >= 0.6 is 11.3 Å². The Hall–Kier alpha value is -2.15. The van der Waals surface area contributed by atoms with E-state index >= 15 is 0 Å². The van der Waals surface area contributed by atoms with Crippen molar-refractivity contribution in [1.82, 2.24) is 14.9 Å². The average Bonchev–Trinajstić information content (AvgIpc) is 3.05. The molecule has 0 radical (unpaired) electrons. The topological polar surface area (TPSA) is 49.2 Å². The van der Waals surface area contributed by atoms with Crippen LogP contribution in [0.2, 0.25) is 0 Å². The van der Waals surface area contributed by atoms with Gasteiger partial charge < -0.3 is 5.11 Å². The van der Waals surface area contributed by atoms with E-state index in [1.165, 1.54) is 23.5 Å². The number of thiazole rings is 1. The molecular formula is C18H18FN3OS. The quantitative estimate of drug-likeness (QED) is 0.715. The highest BCUT2D eigenvalue weighted by Gasteiger charge is 2.11. The summed E-state index contributed by atoms with van der Waals surface area (Å²) >= 11 is 1.54. The normalized spacial score (nSPS) is 11.1. The zero-order valence-electron chi connectivity index (χ0n) is 13.1. The van der Waals surface area contributed by atoms with Gasteiger partial charge in [0.05, 0.1) is 12.3 Å². The molecule has 0 unspecified atom stereocenters. The smallest absolute Gasteiger partial charge is 0.123 e. The largest absolute Gasteiger partial charge is 0.395 e. The predicted octanol–water partition coefficient (Wildman–Crippen LogP) is 3.34. The molecule has 2 aromatic heterocycles. The van der Waals surface area contributed by atoms with Gasteiger partial charge in [0.25, 0.3) is 0 Å². The van der Waals surface area contributed by atoms with Gasteiger partial charge >= 0.3 is 0 Å². The van der Waals surface area contributed by atoms with Gasteiger partial charge in [-0.2, -0.15) is 0 Å². The molecule has 0 saturated carbocycles. The molecule has 3 aromatic rings. The van der Waals surface area contributed by atoms with Gasteiger partial charge in [-0.15, -0.1) is 11.3 Å². The Balaban J connectivity index is 1.70. The molecule has 0 atom stereocenters. The van der Waals surface area contributed by atoms with Crippen LogP contribution in [0.15, 0.2) is 54.2 Å². The van der Waals surface area contributed by atoms with Crippen molar-refractivity contribution < 1.29 is 9.50 Å². The van der Waals surface area contributed by atoms with Crippen molar-refractivity contribution in [3.05, 3.63) is 71.2 Å². The highest BCUT2D eigenvalue weighted by atomic mass is 32.1. The zero-order chi connectivity index (χ0) is 16.8. The highest BCUT2D eigenvalue weighted by molar-refractivity contribution is 7.13. The van der Waals surface area contributed by atoms with Crippen molar-refractivity contribution in [2.45, 2.75) is 13.1 Å². The van der Waals surface area contributed by atoms with E-state index in [9.17, 15) is 9.50 Å². The molecule has 124 valence electrons. The summed E-state index contributed by atoms with van der Waals surface area (Å²) in [6, 6.07) is 10.3. The van der Waals surface area contributed by atoms with Gasteiger partial charge in [-0.3, -0.25) is 9.88 Å². The van der Waals surface area contributed by atoms with Crippen LogP contribution in [0.25, 0.3) is 10.6 Å². The van der Waals surface area contributed by atoms with E-state index in [0.29, 0.717) is 19.6 Å². The Labute approximate surface area is 144 Å². The molecule has 0 aliphatic rings. The van der Waals surface area contributed by atoms with E-state index in [-0.39, 0.29) is 12.4 Å². The third-order valence-corrected chi connectivity index (χ3v) is 4.51. The monoisotopic (exact) mass is 343 g/mol. The molecule has 0 bridgehead atoms. The van der Waals surface area contributed by atoms with Gasteiger partial charge in [0.1, 0.15) is 10.8 Å². The second-order valence-electron chi connectivity index (χ2n) is 5.45. The van der Waals surface area contributed by atoms with Gasteiger partial charge in [0.15, 0.2) is 0 Å². The fourth-order valence-electron chi connectivity index (χ4n) is 2.44. The first-order valence-electron chi connectivity index (χ1n) is 7.67. The zero-order valence-corrected chi connectivity index (χ0v) is 13.9. The Morgan fingerprint density at radius 1 is 1.12 bits per heavy atom. The molecule has 0 aliphatic heterocycles. The molecule has 0 fully saturated rings. The standard InChI is InChI=1S/C18H18FN3OS/c19-16-5-3-15(4-6-16)18-21-17(13-24-18)12-22(8-9-23)11-14-2-1-7-20-10-14/h1-7,10,13,23H,8-9,11-12H2. The third kappa shape index (κ3) is 4.44. The highest BCUT2D eigenvalue weighted by Crippen LogP contribution is 2.24. The van der Waals surface area contributed by atoms with E-state index in [4.69, 9.17) is 0 Å². The molecule has 6 heteroatoms. The summed E-state index contributed by atoms with van der Waals surface area (Å²) in [6.45, 7) is 2.01. The molecule has 0 spiro atoms. The summed E-state index contributed by atoms with van der Waals surface area (Å²) in [6.07, 6.45) is 3.57. The number of hydrogen-bond acceptors (Lipinski definition) is 5. The lowest BCUT2D eigenvalue weighted by Crippen LogP contribution is -2.26. The number of pyridine rings is 1. The molecule has 0 amide bonds. The molecule has 1 aromatic carbocycles. The number of hydrogen-bond donors (Lipinski definition) is 1. The van der Waals surface area contributed by atoms with Gasteiger partial charge in [-0.05, 0) is 35.9 Å². The minimum absolute atomic E-state index is 0.0925. The summed E-state index contributed by atoms with van der Waals surface area (Å²) in [7, 11) is 0. The van der Waals surface area contributed by atoms with Crippen LogP contribution in [-0.4, -0.2) is 33.1 Å². The molecule has 0 saturated heterocycles. The molecule has 3 rings (SSSR count). The van der Waals surface area contributed by atoms with Crippen LogP contribution in [-0.2, 0) is 13.1 Å². The first-order valence-corrected chi connectivity index (χ1v) is 8.55. The van der Waals surface area contributed by atoms with E-state index in [1.807, 2.05) is 23.7 Å². The van der Waals surface area contributed by atoms with Gasteiger partial charge in [0, 0.05) is 43.0 Å². The Bertz CT molecular complexity index is 761. The minimum atomic E-state index is -0.249. The van der Waals surface area contributed by atoms with Crippen molar-refractivity contribution in [3.8, 4) is 10.6 Å². The second-order valence-corrected chi connectivity index (χ2v) is 6.30. The van der Waals surface area contributed by atoms with Crippen LogP contribution in [0.1, 0.15) is 11.3 Å². The Kier molecular flexibility index (Phi) is 5.63. The van der Waals surface area contributed by atoms with Gasteiger partial charge in [-0.25, -0.2) is 9.37 Å². The summed E-state index contributed by atoms with van der Waals surface area (Å²) in [5.41, 5.74) is 2.95. The summed E-state index contributed by atoms with van der Waals surface area (Å²) < 4.78 is 13.0. The molecule has 4 nitrogen and oxygen atoms in total. The first-order chi connectivity index (χ1) is 11.7. The number of rotatable bonds is 7. The van der Waals surface area contributed by atoms with Crippen molar-refractivity contribution in [2.24, 2.45) is 0 Å². The summed E-state index contributed by atoms with van der Waals surface area (Å²) in [5.74, 6) is -0.249. The van der Waals surface area contributed by atoms with Gasteiger partial charge in [0.2, 0.25) is 0 Å². The van der Waals surface area contributed by atoms with E-state index in [2.05, 4.69) is 14.9 Å². The fraction of sp³-hybridized carbons (Fsp3) is 0.222. The number of aliphatic hydroxyl groups is 1. The Morgan fingerprint density at radius 2 is 1.96 bits per heavy atom. The second kappa shape index (κ2) is 8.10. The number of halogens is 1. The Morgan fingerprint density at radius 3 is 2.67 bits per heavy atom. The molecule has 1 N–H and O–H groups in total. The summed E-state index contributed by atoms with van der Waals surface area (Å²) in [4.78, 5) is 10.9. The molecule has 2 heterocycles. The fourth-order valence-corrected chi connectivity index (χ4v) is 3.26. The summed E-state index contributed by atoms with van der Waals surface area (Å²) in [5, 5.41) is 12.2. The SMILES string of the molecule is OCCN(Cc1cccnc1)Cc1csc(-c2ccc(F)cc2)n1. The number of aliphatic hydroxyl groups excluding tert-OH is 1. The van der Waals surface area contributed by atoms with E-state index in [1.54, 1.807) is 18.3 Å². The van der Waals surface area contributed by atoms with Crippen molar-refractivity contribution in [3.63, 3.8) is 0 Å². The van der Waals surface area contributed by atoms with Crippen molar-refractivity contribution in [1.29, 1.82) is 0 Å². The van der Waals surface area contributed by atoms with Crippen molar-refractivity contribution >= 4 is 11.3 Å². The van der Waals surface area contributed by atoms with Crippen LogP contribution in [0.3, 0.4) is 0 Å². The molecule has 0 aliphatic carbocycles. The van der Waals surface area contributed by atoms with Crippen LogP contribution in [0.4, 0.5) is 4.39 Å². The molecule has 24 heavy (non-hydrogen) atoms. The maximum absolute atomic E-state index is 13.0. The molecular weight excluding hydrogens is 325 g/mol. The average molecular weight is 343 g/mol. The maximum atomic E-state index is 13.0. The lowest BCUT2D eigenvalue weighted by Gasteiger charge is -2.20. The van der Waals surface area contributed by atoms with Crippen LogP contribution < -0.4 is 0 Å².